The van der Waals surface area contributed by atoms with Gasteiger partial charge in [-0.15, -0.1) is 11.8 Å². The van der Waals surface area contributed by atoms with Gasteiger partial charge in [-0.05, 0) is 29.7 Å². The van der Waals surface area contributed by atoms with E-state index < -0.39 is 7.12 Å². The minimum Gasteiger partial charge on any atom is -0.493 e. The molecule has 0 aliphatic rings. The van der Waals surface area contributed by atoms with Crippen molar-refractivity contribution in [2.24, 2.45) is 0 Å². The molecule has 2 rings (SSSR count). The molecule has 1 aromatic carbocycles. The Bertz CT molecular complexity index is 510. The molecular weight excluding hydrogens is 261 g/mol. The van der Waals surface area contributed by atoms with Crippen LogP contribution >= 0.6 is 11.8 Å². The van der Waals surface area contributed by atoms with Gasteiger partial charge >= 0.3 is 7.12 Å². The van der Waals surface area contributed by atoms with Gasteiger partial charge in [-0.25, -0.2) is 4.98 Å². The van der Waals surface area contributed by atoms with Gasteiger partial charge in [-0.2, -0.15) is 0 Å². The predicted octanol–water partition coefficient (Wildman–Crippen LogP) is 0.932. The third-order valence-corrected chi connectivity index (χ3v) is 3.30. The highest BCUT2D eigenvalue weighted by atomic mass is 32.2. The van der Waals surface area contributed by atoms with Gasteiger partial charge in [0.15, 0.2) is 0 Å². The second-order valence-electron chi connectivity index (χ2n) is 3.81. The van der Waals surface area contributed by atoms with Crippen LogP contribution in [0.5, 0.6) is 5.75 Å². The Kier molecular flexibility index (Phi) is 5.26. The number of benzene rings is 1. The highest BCUT2D eigenvalue weighted by molar-refractivity contribution is 7.99. The number of thioether (sulfide) groups is 1. The first-order chi connectivity index (χ1) is 9.25. The summed E-state index contributed by atoms with van der Waals surface area (Å²) < 4.78 is 5.55. The van der Waals surface area contributed by atoms with Crippen LogP contribution in [-0.4, -0.2) is 34.5 Å². The average Bonchev–Trinajstić information content (AvgIpc) is 2.45. The molecule has 0 fully saturated rings. The quantitative estimate of drug-likeness (QED) is 0.466. The molecule has 6 heteroatoms. The van der Waals surface area contributed by atoms with Crippen molar-refractivity contribution in [1.29, 1.82) is 0 Å². The number of aromatic nitrogens is 1. The van der Waals surface area contributed by atoms with E-state index in [0.29, 0.717) is 17.8 Å². The topological polar surface area (TPSA) is 62.6 Å². The van der Waals surface area contributed by atoms with Crippen LogP contribution in [0.1, 0.15) is 0 Å². The summed E-state index contributed by atoms with van der Waals surface area (Å²) in [5.74, 6) is 1.41. The number of pyridine rings is 1. The molecule has 0 aliphatic heterocycles. The Balaban J connectivity index is 1.78. The molecule has 4 nitrogen and oxygen atoms in total. The maximum Gasteiger partial charge on any atom is 0.488 e. The average molecular weight is 275 g/mol. The van der Waals surface area contributed by atoms with Crippen molar-refractivity contribution in [1.82, 2.24) is 4.98 Å². The molecule has 0 unspecified atom stereocenters. The summed E-state index contributed by atoms with van der Waals surface area (Å²) in [7, 11) is -1.47. The van der Waals surface area contributed by atoms with Gasteiger partial charge in [-0.3, -0.25) is 0 Å². The van der Waals surface area contributed by atoms with Crippen molar-refractivity contribution in [2.75, 3.05) is 12.4 Å². The van der Waals surface area contributed by atoms with Crippen LogP contribution in [0.3, 0.4) is 0 Å². The minimum atomic E-state index is -1.47. The second-order valence-corrected chi connectivity index (χ2v) is 4.93. The Hall–Kier alpha value is -1.50. The Morgan fingerprint density at radius 1 is 1.16 bits per heavy atom. The maximum absolute atomic E-state index is 9.06. The summed E-state index contributed by atoms with van der Waals surface area (Å²) in [4.78, 5) is 4.20. The van der Waals surface area contributed by atoms with Gasteiger partial charge in [0, 0.05) is 11.9 Å². The molecule has 0 aliphatic carbocycles. The summed E-state index contributed by atoms with van der Waals surface area (Å²) in [5, 5.41) is 19.1. The fraction of sp³-hybridized carbons (Fsp3) is 0.154. The van der Waals surface area contributed by atoms with E-state index in [0.717, 1.165) is 10.8 Å². The van der Waals surface area contributed by atoms with Crippen LogP contribution in [0.2, 0.25) is 0 Å². The summed E-state index contributed by atoms with van der Waals surface area (Å²) in [6.45, 7) is 0.534. The maximum atomic E-state index is 9.06. The first kappa shape index (κ1) is 13.9. The smallest absolute Gasteiger partial charge is 0.488 e. The van der Waals surface area contributed by atoms with E-state index in [4.69, 9.17) is 14.8 Å². The molecule has 2 aromatic rings. The van der Waals surface area contributed by atoms with Crippen LogP contribution in [0, 0.1) is 0 Å². The molecule has 0 radical (unpaired) electrons. The van der Waals surface area contributed by atoms with Crippen molar-refractivity contribution in [3.63, 3.8) is 0 Å². The zero-order chi connectivity index (χ0) is 13.5. The molecule has 0 atom stereocenters. The number of nitrogens with zero attached hydrogens (tertiary/aromatic N) is 1. The highest BCUT2D eigenvalue weighted by Crippen LogP contribution is 2.14. The van der Waals surface area contributed by atoms with E-state index in [1.165, 1.54) is 0 Å². The zero-order valence-corrected chi connectivity index (χ0v) is 11.1. The van der Waals surface area contributed by atoms with Crippen LogP contribution in [0.15, 0.2) is 53.7 Å². The number of hydrogen-bond acceptors (Lipinski definition) is 5. The summed E-state index contributed by atoms with van der Waals surface area (Å²) in [5.41, 5.74) is 0.426. The molecule has 0 bridgehead atoms. The molecule has 0 spiro atoms. The minimum absolute atomic E-state index is 0.426. The lowest BCUT2D eigenvalue weighted by Crippen LogP contribution is -2.29. The van der Waals surface area contributed by atoms with E-state index in [2.05, 4.69) is 4.98 Å². The molecule has 0 saturated carbocycles. The van der Waals surface area contributed by atoms with Crippen LogP contribution in [0.4, 0.5) is 0 Å². The fourth-order valence-corrected chi connectivity index (χ4v) is 2.19. The fourth-order valence-electron chi connectivity index (χ4n) is 1.50. The normalized spacial score (nSPS) is 10.2. The lowest BCUT2D eigenvalue weighted by atomic mass is 9.80. The molecule has 1 aromatic heterocycles. The lowest BCUT2D eigenvalue weighted by Gasteiger charge is -2.07. The van der Waals surface area contributed by atoms with E-state index in [9.17, 15) is 0 Å². The number of ether oxygens (including phenoxy) is 1. The molecule has 1 heterocycles. The Morgan fingerprint density at radius 3 is 2.79 bits per heavy atom. The first-order valence-corrected chi connectivity index (χ1v) is 6.87. The van der Waals surface area contributed by atoms with Gasteiger partial charge in [0.1, 0.15) is 5.75 Å². The highest BCUT2D eigenvalue weighted by Gasteiger charge is 2.10. The standard InChI is InChI=1S/C13H14BNO3S/c16-14(17)11-4-3-5-12(10-11)18-8-9-19-13-6-1-2-7-15-13/h1-7,10,16-17H,8-9H2. The van der Waals surface area contributed by atoms with E-state index >= 15 is 0 Å². The summed E-state index contributed by atoms with van der Waals surface area (Å²) in [6.07, 6.45) is 1.76. The summed E-state index contributed by atoms with van der Waals surface area (Å²) in [6, 6.07) is 12.6. The SMILES string of the molecule is OB(O)c1cccc(OCCSc2ccccn2)c1. The third kappa shape index (κ3) is 4.59. The Morgan fingerprint density at radius 2 is 2.05 bits per heavy atom. The largest absolute Gasteiger partial charge is 0.493 e. The molecule has 2 N–H and O–H groups in total. The van der Waals surface area contributed by atoms with Crippen molar-refractivity contribution < 1.29 is 14.8 Å². The van der Waals surface area contributed by atoms with Gasteiger partial charge < -0.3 is 14.8 Å². The molecule has 19 heavy (non-hydrogen) atoms. The van der Waals surface area contributed by atoms with Crippen LogP contribution in [0.25, 0.3) is 0 Å². The van der Waals surface area contributed by atoms with Gasteiger partial charge in [0.05, 0.1) is 11.6 Å². The van der Waals surface area contributed by atoms with Crippen molar-refractivity contribution >= 4 is 24.3 Å². The van der Waals surface area contributed by atoms with Crippen LogP contribution in [-0.2, 0) is 0 Å². The lowest BCUT2D eigenvalue weighted by molar-refractivity contribution is 0.344. The van der Waals surface area contributed by atoms with Gasteiger partial charge in [0.25, 0.3) is 0 Å². The van der Waals surface area contributed by atoms with Crippen LogP contribution < -0.4 is 10.2 Å². The first-order valence-electron chi connectivity index (χ1n) is 5.88. The molecule has 98 valence electrons. The van der Waals surface area contributed by atoms with Crippen molar-refractivity contribution in [2.45, 2.75) is 5.03 Å². The molecular formula is C13H14BNO3S. The zero-order valence-electron chi connectivity index (χ0n) is 10.3. The number of hydrogen-bond donors (Lipinski definition) is 2. The van der Waals surface area contributed by atoms with E-state index in [1.807, 2.05) is 18.2 Å². The number of rotatable bonds is 6. The monoisotopic (exact) mass is 275 g/mol. The van der Waals surface area contributed by atoms with Gasteiger partial charge in [0.2, 0.25) is 0 Å². The van der Waals surface area contributed by atoms with Gasteiger partial charge in [-0.1, -0.05) is 18.2 Å². The van der Waals surface area contributed by atoms with E-state index in [-0.39, 0.29) is 0 Å². The van der Waals surface area contributed by atoms with Crippen molar-refractivity contribution in [3.05, 3.63) is 48.7 Å². The van der Waals surface area contributed by atoms with Crippen molar-refractivity contribution in [3.8, 4) is 5.75 Å². The molecule has 0 saturated heterocycles. The summed E-state index contributed by atoms with van der Waals surface area (Å²) >= 11 is 1.62. The third-order valence-electron chi connectivity index (χ3n) is 2.40. The van der Waals surface area contributed by atoms with E-state index in [1.54, 1.807) is 42.2 Å². The molecule has 0 amide bonds. The predicted molar refractivity (Wildman–Crippen MR) is 76.7 cm³/mol. The Labute approximate surface area is 116 Å². The second kappa shape index (κ2) is 7.18.